The van der Waals surface area contributed by atoms with E-state index in [2.05, 4.69) is 15.3 Å². The number of anilines is 1. The SMILES string of the molecule is Cc1nc(Cl)c(C)c(NCCCOCCO)n1. The van der Waals surface area contributed by atoms with Crippen molar-refractivity contribution < 1.29 is 9.84 Å². The zero-order valence-corrected chi connectivity index (χ0v) is 10.9. The van der Waals surface area contributed by atoms with Gasteiger partial charge in [-0.25, -0.2) is 9.97 Å². The first-order valence-corrected chi connectivity index (χ1v) is 5.96. The lowest BCUT2D eigenvalue weighted by Gasteiger charge is -2.10. The molecule has 1 heterocycles. The zero-order valence-electron chi connectivity index (χ0n) is 10.2. The van der Waals surface area contributed by atoms with E-state index in [1.165, 1.54) is 0 Å². The van der Waals surface area contributed by atoms with Crippen LogP contribution >= 0.6 is 11.6 Å². The lowest BCUT2D eigenvalue weighted by molar-refractivity contribution is 0.0922. The Morgan fingerprint density at radius 1 is 1.29 bits per heavy atom. The van der Waals surface area contributed by atoms with Crippen LogP contribution in [0.15, 0.2) is 0 Å². The minimum Gasteiger partial charge on any atom is -0.394 e. The van der Waals surface area contributed by atoms with Crippen molar-refractivity contribution in [1.82, 2.24) is 9.97 Å². The van der Waals surface area contributed by atoms with Crippen molar-refractivity contribution in [2.75, 3.05) is 31.7 Å². The van der Waals surface area contributed by atoms with E-state index in [4.69, 9.17) is 21.4 Å². The van der Waals surface area contributed by atoms with Gasteiger partial charge in [0.15, 0.2) is 0 Å². The van der Waals surface area contributed by atoms with Gasteiger partial charge in [-0.2, -0.15) is 0 Å². The molecule has 0 unspecified atom stereocenters. The highest BCUT2D eigenvalue weighted by atomic mass is 35.5. The Kier molecular flexibility index (Phi) is 6.18. The maximum Gasteiger partial charge on any atom is 0.137 e. The molecule has 1 aromatic heterocycles. The highest BCUT2D eigenvalue weighted by molar-refractivity contribution is 6.30. The third-order valence-corrected chi connectivity index (χ3v) is 2.56. The molecule has 0 saturated carbocycles. The molecule has 0 atom stereocenters. The summed E-state index contributed by atoms with van der Waals surface area (Å²) in [5.74, 6) is 1.42. The molecule has 0 fully saturated rings. The molecule has 0 radical (unpaired) electrons. The number of rotatable bonds is 7. The van der Waals surface area contributed by atoms with Gasteiger partial charge < -0.3 is 15.2 Å². The summed E-state index contributed by atoms with van der Waals surface area (Å²) < 4.78 is 5.15. The van der Waals surface area contributed by atoms with Crippen LogP contribution in [0.3, 0.4) is 0 Å². The average Bonchev–Trinajstić information content (AvgIpc) is 2.29. The second-order valence-electron chi connectivity index (χ2n) is 3.65. The Bertz CT molecular complexity index is 361. The fourth-order valence-electron chi connectivity index (χ4n) is 1.31. The molecule has 1 rings (SSSR count). The quantitative estimate of drug-likeness (QED) is 0.575. The van der Waals surface area contributed by atoms with Crippen LogP contribution in [0.4, 0.5) is 5.82 Å². The first-order chi connectivity index (χ1) is 8.15. The standard InChI is InChI=1S/C11H18ClN3O2/c1-8-10(12)14-9(2)15-11(8)13-4-3-6-17-7-5-16/h16H,3-7H2,1-2H3,(H,13,14,15). The molecule has 5 nitrogen and oxygen atoms in total. The monoisotopic (exact) mass is 259 g/mol. The number of aliphatic hydroxyl groups is 1. The Morgan fingerprint density at radius 3 is 2.76 bits per heavy atom. The van der Waals surface area contributed by atoms with Crippen LogP contribution in [0, 0.1) is 13.8 Å². The number of nitrogens with one attached hydrogen (secondary N) is 1. The molecular formula is C11H18ClN3O2. The van der Waals surface area contributed by atoms with Crippen molar-refractivity contribution >= 4 is 17.4 Å². The first kappa shape index (κ1) is 14.2. The average molecular weight is 260 g/mol. The van der Waals surface area contributed by atoms with Gasteiger partial charge >= 0.3 is 0 Å². The molecule has 0 aliphatic carbocycles. The number of aromatic nitrogens is 2. The highest BCUT2D eigenvalue weighted by Gasteiger charge is 2.06. The second kappa shape index (κ2) is 7.42. The molecule has 96 valence electrons. The molecule has 0 aromatic carbocycles. The van der Waals surface area contributed by atoms with Crippen molar-refractivity contribution in [2.24, 2.45) is 0 Å². The van der Waals surface area contributed by atoms with Crippen molar-refractivity contribution in [2.45, 2.75) is 20.3 Å². The van der Waals surface area contributed by atoms with E-state index in [0.29, 0.717) is 24.2 Å². The number of hydrogen-bond acceptors (Lipinski definition) is 5. The van der Waals surface area contributed by atoms with Crippen LogP contribution in [-0.2, 0) is 4.74 Å². The summed E-state index contributed by atoms with van der Waals surface area (Å²) in [6, 6.07) is 0. The fourth-order valence-corrected chi connectivity index (χ4v) is 1.53. The number of aliphatic hydroxyl groups excluding tert-OH is 1. The van der Waals surface area contributed by atoms with Gasteiger partial charge in [0.05, 0.1) is 13.2 Å². The van der Waals surface area contributed by atoms with Gasteiger partial charge in [0.25, 0.3) is 0 Å². The largest absolute Gasteiger partial charge is 0.394 e. The lowest BCUT2D eigenvalue weighted by atomic mass is 10.3. The molecule has 0 aliphatic heterocycles. The van der Waals surface area contributed by atoms with E-state index in [1.54, 1.807) is 6.92 Å². The van der Waals surface area contributed by atoms with E-state index >= 15 is 0 Å². The molecular weight excluding hydrogens is 242 g/mol. The number of nitrogens with zero attached hydrogens (tertiary/aromatic N) is 2. The topological polar surface area (TPSA) is 67.3 Å². The Labute approximate surface area is 106 Å². The number of aryl methyl sites for hydroxylation is 1. The summed E-state index contributed by atoms with van der Waals surface area (Å²) in [5, 5.41) is 12.2. The van der Waals surface area contributed by atoms with Gasteiger partial charge in [-0.1, -0.05) is 11.6 Å². The van der Waals surface area contributed by atoms with Crippen molar-refractivity contribution in [3.8, 4) is 0 Å². The minimum atomic E-state index is 0.0627. The van der Waals surface area contributed by atoms with Gasteiger partial charge in [0, 0.05) is 18.7 Å². The van der Waals surface area contributed by atoms with Crippen molar-refractivity contribution in [3.05, 3.63) is 16.5 Å². The number of hydrogen-bond donors (Lipinski definition) is 2. The third kappa shape index (κ3) is 4.85. The predicted molar refractivity (Wildman–Crippen MR) is 67.5 cm³/mol. The van der Waals surface area contributed by atoms with Crippen LogP contribution in [0.2, 0.25) is 5.15 Å². The first-order valence-electron chi connectivity index (χ1n) is 5.58. The summed E-state index contributed by atoms with van der Waals surface area (Å²) in [6.45, 7) is 5.50. The van der Waals surface area contributed by atoms with E-state index in [1.807, 2.05) is 6.92 Å². The summed E-state index contributed by atoms with van der Waals surface area (Å²) in [5.41, 5.74) is 0.855. The zero-order chi connectivity index (χ0) is 12.7. The van der Waals surface area contributed by atoms with Gasteiger partial charge in [-0.15, -0.1) is 0 Å². The maximum absolute atomic E-state index is 8.53. The van der Waals surface area contributed by atoms with Gasteiger partial charge in [-0.05, 0) is 20.3 Å². The summed E-state index contributed by atoms with van der Waals surface area (Å²) in [6.07, 6.45) is 0.847. The van der Waals surface area contributed by atoms with Crippen molar-refractivity contribution in [3.63, 3.8) is 0 Å². The van der Waals surface area contributed by atoms with E-state index < -0.39 is 0 Å². The van der Waals surface area contributed by atoms with Crippen molar-refractivity contribution in [1.29, 1.82) is 0 Å². The number of halogens is 1. The smallest absolute Gasteiger partial charge is 0.137 e. The molecule has 0 aliphatic rings. The highest BCUT2D eigenvalue weighted by Crippen LogP contribution is 2.19. The van der Waals surface area contributed by atoms with Gasteiger partial charge in [0.1, 0.15) is 16.8 Å². The molecule has 0 bridgehead atoms. The Morgan fingerprint density at radius 2 is 2.06 bits per heavy atom. The molecule has 2 N–H and O–H groups in total. The Hall–Kier alpha value is -0.910. The van der Waals surface area contributed by atoms with E-state index in [-0.39, 0.29) is 6.61 Å². The molecule has 0 saturated heterocycles. The molecule has 1 aromatic rings. The minimum absolute atomic E-state index is 0.0627. The van der Waals surface area contributed by atoms with Crippen LogP contribution in [0.5, 0.6) is 0 Å². The summed E-state index contributed by atoms with van der Waals surface area (Å²) >= 11 is 5.96. The summed E-state index contributed by atoms with van der Waals surface area (Å²) in [7, 11) is 0. The molecule has 17 heavy (non-hydrogen) atoms. The maximum atomic E-state index is 8.53. The normalized spacial score (nSPS) is 10.6. The van der Waals surface area contributed by atoms with E-state index in [9.17, 15) is 0 Å². The van der Waals surface area contributed by atoms with E-state index in [0.717, 1.165) is 24.3 Å². The molecule has 6 heteroatoms. The van der Waals surface area contributed by atoms with Crippen LogP contribution < -0.4 is 5.32 Å². The van der Waals surface area contributed by atoms with Gasteiger partial charge in [-0.3, -0.25) is 0 Å². The predicted octanol–water partition coefficient (Wildman–Crippen LogP) is 1.56. The van der Waals surface area contributed by atoms with Crippen LogP contribution in [-0.4, -0.2) is 41.4 Å². The van der Waals surface area contributed by atoms with Crippen LogP contribution in [0.1, 0.15) is 17.8 Å². The fraction of sp³-hybridized carbons (Fsp3) is 0.636. The lowest BCUT2D eigenvalue weighted by Crippen LogP contribution is -2.10. The van der Waals surface area contributed by atoms with Crippen LogP contribution in [0.25, 0.3) is 0 Å². The third-order valence-electron chi connectivity index (χ3n) is 2.19. The number of ether oxygens (including phenoxy) is 1. The summed E-state index contributed by atoms with van der Waals surface area (Å²) in [4.78, 5) is 8.34. The second-order valence-corrected chi connectivity index (χ2v) is 4.01. The Balaban J connectivity index is 2.36. The molecule has 0 amide bonds. The van der Waals surface area contributed by atoms with Gasteiger partial charge in [0.2, 0.25) is 0 Å². The molecule has 0 spiro atoms.